The molecule has 0 spiro atoms. The number of methoxy groups -OCH3 is 1. The van der Waals surface area contributed by atoms with Gasteiger partial charge in [0.25, 0.3) is 0 Å². The van der Waals surface area contributed by atoms with E-state index in [9.17, 15) is 0 Å². The summed E-state index contributed by atoms with van der Waals surface area (Å²) >= 11 is 0. The van der Waals surface area contributed by atoms with Gasteiger partial charge in [-0.05, 0) is 25.5 Å². The molecule has 0 unspecified atom stereocenters. The van der Waals surface area contributed by atoms with E-state index in [4.69, 9.17) is 4.74 Å². The average Bonchev–Trinajstić information content (AvgIpc) is 2.06. The first-order valence-electron chi connectivity index (χ1n) is 4.21. The number of aromatic nitrogens is 1. The summed E-state index contributed by atoms with van der Waals surface area (Å²) in [6.07, 6.45) is 0. The smallest absolute Gasteiger partial charge is 0.213 e. The monoisotopic (exact) mass is 167 g/mol. The summed E-state index contributed by atoms with van der Waals surface area (Å²) in [6.45, 7) is 7.98. The van der Waals surface area contributed by atoms with Crippen LogP contribution in [0.1, 0.15) is 25.1 Å². The molecule has 1 heterocycles. The van der Waals surface area contributed by atoms with Crippen molar-refractivity contribution in [2.45, 2.75) is 27.7 Å². The number of hydrogen-bond donors (Lipinski definition) is 0. The van der Waals surface area contributed by atoms with Crippen molar-refractivity contribution in [3.05, 3.63) is 23.4 Å². The SMILES string of the molecule is CC.COc1cc(C)cc(C)n1. The molecule has 1 aromatic heterocycles. The molecule has 0 aliphatic rings. The lowest BCUT2D eigenvalue weighted by atomic mass is 10.2. The van der Waals surface area contributed by atoms with Gasteiger partial charge in [-0.2, -0.15) is 0 Å². The van der Waals surface area contributed by atoms with E-state index in [2.05, 4.69) is 4.98 Å². The van der Waals surface area contributed by atoms with Crippen LogP contribution in [0.5, 0.6) is 5.88 Å². The molecule has 0 saturated heterocycles. The third-order valence-electron chi connectivity index (χ3n) is 1.28. The lowest BCUT2D eigenvalue weighted by Crippen LogP contribution is -1.90. The first-order valence-corrected chi connectivity index (χ1v) is 4.21. The first-order chi connectivity index (χ1) is 5.72. The largest absolute Gasteiger partial charge is 0.481 e. The van der Waals surface area contributed by atoms with Crippen LogP contribution in [0.15, 0.2) is 12.1 Å². The Balaban J connectivity index is 0.000000561. The quantitative estimate of drug-likeness (QED) is 0.641. The molecule has 0 amide bonds. The summed E-state index contributed by atoms with van der Waals surface area (Å²) < 4.78 is 4.96. The Morgan fingerprint density at radius 3 is 2.17 bits per heavy atom. The number of nitrogens with zero attached hydrogens (tertiary/aromatic N) is 1. The molecule has 0 bridgehead atoms. The number of hydrogen-bond acceptors (Lipinski definition) is 2. The van der Waals surface area contributed by atoms with Crippen LogP contribution in [-0.2, 0) is 0 Å². The molecule has 2 nitrogen and oxygen atoms in total. The Hall–Kier alpha value is -1.05. The lowest BCUT2D eigenvalue weighted by Gasteiger charge is -2.00. The second kappa shape index (κ2) is 5.58. The second-order valence-corrected chi connectivity index (χ2v) is 2.33. The lowest BCUT2D eigenvalue weighted by molar-refractivity contribution is 0.396. The molecule has 0 radical (unpaired) electrons. The minimum atomic E-state index is 0.692. The van der Waals surface area contributed by atoms with Crippen molar-refractivity contribution >= 4 is 0 Å². The maximum absolute atomic E-state index is 4.96. The Kier molecular flexibility index (Phi) is 5.09. The highest BCUT2D eigenvalue weighted by molar-refractivity contribution is 5.22. The van der Waals surface area contributed by atoms with Crippen LogP contribution in [0, 0.1) is 13.8 Å². The van der Waals surface area contributed by atoms with Gasteiger partial charge in [0.15, 0.2) is 0 Å². The molecule has 1 aromatic rings. The highest BCUT2D eigenvalue weighted by Gasteiger charge is 1.93. The standard InChI is InChI=1S/C8H11NO.C2H6/c1-6-4-7(2)9-8(5-6)10-3;1-2/h4-5H,1-3H3;1-2H3. The Labute approximate surface area is 74.6 Å². The normalized spacial score (nSPS) is 8.42. The van der Waals surface area contributed by atoms with E-state index >= 15 is 0 Å². The molecular weight excluding hydrogens is 150 g/mol. The number of rotatable bonds is 1. The van der Waals surface area contributed by atoms with Crippen molar-refractivity contribution in [2.75, 3.05) is 7.11 Å². The molecule has 0 N–H and O–H groups in total. The van der Waals surface area contributed by atoms with E-state index in [1.165, 1.54) is 5.56 Å². The van der Waals surface area contributed by atoms with Crippen molar-refractivity contribution in [1.82, 2.24) is 4.98 Å². The molecule has 2 heteroatoms. The van der Waals surface area contributed by atoms with Gasteiger partial charge in [-0.25, -0.2) is 4.98 Å². The number of aryl methyl sites for hydroxylation is 2. The number of ether oxygens (including phenoxy) is 1. The van der Waals surface area contributed by atoms with Gasteiger partial charge >= 0.3 is 0 Å². The molecule has 0 atom stereocenters. The van der Waals surface area contributed by atoms with Crippen molar-refractivity contribution in [3.8, 4) is 5.88 Å². The minimum absolute atomic E-state index is 0.692. The van der Waals surface area contributed by atoms with Crippen LogP contribution in [0.2, 0.25) is 0 Å². The fourth-order valence-corrected chi connectivity index (χ4v) is 0.909. The van der Waals surface area contributed by atoms with Gasteiger partial charge in [-0.1, -0.05) is 13.8 Å². The average molecular weight is 167 g/mol. The third-order valence-corrected chi connectivity index (χ3v) is 1.28. The first kappa shape index (κ1) is 11.0. The zero-order chi connectivity index (χ0) is 9.56. The summed E-state index contributed by atoms with van der Waals surface area (Å²) in [7, 11) is 1.63. The van der Waals surface area contributed by atoms with Crippen LogP contribution in [0.25, 0.3) is 0 Å². The van der Waals surface area contributed by atoms with Crippen LogP contribution < -0.4 is 4.74 Å². The van der Waals surface area contributed by atoms with E-state index in [0.717, 1.165) is 5.69 Å². The van der Waals surface area contributed by atoms with Crippen molar-refractivity contribution in [3.63, 3.8) is 0 Å². The van der Waals surface area contributed by atoms with Gasteiger partial charge in [-0.3, -0.25) is 0 Å². The predicted molar refractivity (Wildman–Crippen MR) is 51.6 cm³/mol. The van der Waals surface area contributed by atoms with Gasteiger partial charge in [0.1, 0.15) is 0 Å². The minimum Gasteiger partial charge on any atom is -0.481 e. The third kappa shape index (κ3) is 3.37. The van der Waals surface area contributed by atoms with Crippen molar-refractivity contribution in [2.24, 2.45) is 0 Å². The maximum atomic E-state index is 4.96. The highest BCUT2D eigenvalue weighted by Crippen LogP contribution is 2.09. The van der Waals surface area contributed by atoms with Gasteiger partial charge in [-0.15, -0.1) is 0 Å². The summed E-state index contributed by atoms with van der Waals surface area (Å²) in [5.74, 6) is 0.692. The highest BCUT2D eigenvalue weighted by atomic mass is 16.5. The van der Waals surface area contributed by atoms with Crippen LogP contribution in [0.3, 0.4) is 0 Å². The fraction of sp³-hybridized carbons (Fsp3) is 0.500. The van der Waals surface area contributed by atoms with Crippen LogP contribution in [-0.4, -0.2) is 12.1 Å². The summed E-state index contributed by atoms with van der Waals surface area (Å²) in [5, 5.41) is 0. The molecule has 12 heavy (non-hydrogen) atoms. The second-order valence-electron chi connectivity index (χ2n) is 2.33. The summed E-state index contributed by atoms with van der Waals surface area (Å²) in [5.41, 5.74) is 2.18. The van der Waals surface area contributed by atoms with Gasteiger partial charge < -0.3 is 4.74 Å². The maximum Gasteiger partial charge on any atom is 0.213 e. The van der Waals surface area contributed by atoms with Gasteiger partial charge in [0.2, 0.25) is 5.88 Å². The molecule has 0 saturated carbocycles. The zero-order valence-corrected chi connectivity index (χ0v) is 8.51. The topological polar surface area (TPSA) is 22.1 Å². The molecule has 0 aromatic carbocycles. The fourth-order valence-electron chi connectivity index (χ4n) is 0.909. The van der Waals surface area contributed by atoms with Gasteiger partial charge in [0.05, 0.1) is 7.11 Å². The molecule has 1 rings (SSSR count). The van der Waals surface area contributed by atoms with E-state index in [1.54, 1.807) is 7.11 Å². The molecule has 0 fully saturated rings. The Morgan fingerprint density at radius 2 is 1.75 bits per heavy atom. The summed E-state index contributed by atoms with van der Waals surface area (Å²) in [4.78, 5) is 4.13. The van der Waals surface area contributed by atoms with E-state index in [1.807, 2.05) is 39.8 Å². The predicted octanol–water partition coefficient (Wildman–Crippen LogP) is 2.73. The van der Waals surface area contributed by atoms with Crippen molar-refractivity contribution < 1.29 is 4.74 Å². The summed E-state index contributed by atoms with van der Waals surface area (Å²) in [6, 6.07) is 3.93. The Bertz CT molecular complexity index is 213. The molecule has 0 aliphatic heterocycles. The van der Waals surface area contributed by atoms with Crippen LogP contribution in [0.4, 0.5) is 0 Å². The molecule has 68 valence electrons. The van der Waals surface area contributed by atoms with E-state index in [-0.39, 0.29) is 0 Å². The number of pyridine rings is 1. The molecular formula is C10H17NO. The zero-order valence-electron chi connectivity index (χ0n) is 8.51. The van der Waals surface area contributed by atoms with E-state index < -0.39 is 0 Å². The van der Waals surface area contributed by atoms with Gasteiger partial charge in [0, 0.05) is 11.8 Å². The molecule has 0 aliphatic carbocycles. The van der Waals surface area contributed by atoms with E-state index in [0.29, 0.717) is 5.88 Å². The Morgan fingerprint density at radius 1 is 1.17 bits per heavy atom. The van der Waals surface area contributed by atoms with Crippen LogP contribution >= 0.6 is 0 Å². The van der Waals surface area contributed by atoms with Crippen molar-refractivity contribution in [1.29, 1.82) is 0 Å².